The second kappa shape index (κ2) is 4.17. The molecule has 14 heavy (non-hydrogen) atoms. The van der Waals surface area contributed by atoms with Crippen LogP contribution in [-0.2, 0) is 4.79 Å². The van der Waals surface area contributed by atoms with Crippen molar-refractivity contribution < 1.29 is 4.79 Å². The van der Waals surface area contributed by atoms with Gasteiger partial charge >= 0.3 is 0 Å². The minimum atomic E-state index is 0.169. The topological polar surface area (TPSA) is 46.1 Å². The van der Waals surface area contributed by atoms with E-state index in [1.807, 2.05) is 0 Å². The van der Waals surface area contributed by atoms with Crippen LogP contribution in [0.1, 0.15) is 25.7 Å². The van der Waals surface area contributed by atoms with Crippen LogP contribution in [0.2, 0.25) is 0 Å². The Kier molecular flexibility index (Phi) is 2.72. The normalized spacial score (nSPS) is 18.0. The van der Waals surface area contributed by atoms with Gasteiger partial charge in [-0.25, -0.2) is 4.98 Å². The Balaban J connectivity index is 2.19. The van der Waals surface area contributed by atoms with E-state index in [9.17, 15) is 4.79 Å². The molecule has 2 rings (SSSR count). The van der Waals surface area contributed by atoms with Crippen molar-refractivity contribution in [3.05, 3.63) is 18.6 Å². The molecule has 1 aliphatic heterocycles. The average Bonchev–Trinajstić information content (AvgIpc) is 2.44. The molecule has 1 fully saturated rings. The third kappa shape index (κ3) is 1.89. The van der Waals surface area contributed by atoms with E-state index in [4.69, 9.17) is 0 Å². The van der Waals surface area contributed by atoms with E-state index in [0.29, 0.717) is 12.2 Å². The van der Waals surface area contributed by atoms with Gasteiger partial charge in [-0.15, -0.1) is 0 Å². The summed E-state index contributed by atoms with van der Waals surface area (Å²) in [5.74, 6) is 0.849. The molecule has 0 spiro atoms. The summed E-state index contributed by atoms with van der Waals surface area (Å²) in [6, 6.07) is 0. The number of aromatic nitrogens is 2. The second-order valence-corrected chi connectivity index (χ2v) is 3.42. The molecule has 0 radical (unpaired) electrons. The van der Waals surface area contributed by atoms with Crippen molar-refractivity contribution in [2.24, 2.45) is 0 Å². The zero-order chi connectivity index (χ0) is 9.80. The van der Waals surface area contributed by atoms with Gasteiger partial charge in [0.05, 0.1) is 6.20 Å². The van der Waals surface area contributed by atoms with Gasteiger partial charge in [0, 0.05) is 25.4 Å². The van der Waals surface area contributed by atoms with Crippen LogP contribution in [0, 0.1) is 0 Å². The Morgan fingerprint density at radius 3 is 2.93 bits per heavy atom. The number of hydrogen-bond donors (Lipinski definition) is 0. The zero-order valence-electron chi connectivity index (χ0n) is 8.02. The van der Waals surface area contributed by atoms with Crippen molar-refractivity contribution in [1.82, 2.24) is 9.97 Å². The van der Waals surface area contributed by atoms with Gasteiger partial charge in [0.1, 0.15) is 0 Å². The van der Waals surface area contributed by atoms with E-state index in [-0.39, 0.29) is 5.91 Å². The lowest BCUT2D eigenvalue weighted by Crippen LogP contribution is -2.30. The van der Waals surface area contributed by atoms with Gasteiger partial charge in [-0.2, -0.15) is 0 Å². The van der Waals surface area contributed by atoms with E-state index in [2.05, 4.69) is 9.97 Å². The van der Waals surface area contributed by atoms with Crippen LogP contribution in [0.25, 0.3) is 0 Å². The molecule has 0 aliphatic carbocycles. The molecule has 2 heterocycles. The Hall–Kier alpha value is -1.45. The highest BCUT2D eigenvalue weighted by Crippen LogP contribution is 2.16. The minimum absolute atomic E-state index is 0.169. The highest BCUT2D eigenvalue weighted by atomic mass is 16.2. The fraction of sp³-hybridized carbons (Fsp3) is 0.500. The molecule has 0 atom stereocenters. The van der Waals surface area contributed by atoms with Gasteiger partial charge in [0.15, 0.2) is 5.82 Å². The van der Waals surface area contributed by atoms with E-state index in [1.54, 1.807) is 23.5 Å². The molecule has 74 valence electrons. The molecule has 1 aliphatic rings. The second-order valence-electron chi connectivity index (χ2n) is 3.42. The van der Waals surface area contributed by atoms with Crippen LogP contribution >= 0.6 is 0 Å². The molecule has 0 bridgehead atoms. The van der Waals surface area contributed by atoms with Crippen molar-refractivity contribution in [3.63, 3.8) is 0 Å². The smallest absolute Gasteiger partial charge is 0.228 e. The number of nitrogens with zero attached hydrogens (tertiary/aromatic N) is 3. The standard InChI is InChI=1S/C10H13N3O/c14-10-4-2-1-3-7-13(10)9-8-11-5-6-12-9/h5-6,8H,1-4,7H2. The molecule has 1 aromatic heterocycles. The van der Waals surface area contributed by atoms with Gasteiger partial charge in [0.25, 0.3) is 0 Å². The fourth-order valence-electron chi connectivity index (χ4n) is 1.66. The predicted octanol–water partition coefficient (Wildman–Crippen LogP) is 1.38. The zero-order valence-corrected chi connectivity index (χ0v) is 8.02. The van der Waals surface area contributed by atoms with Crippen LogP contribution in [0.4, 0.5) is 5.82 Å². The quantitative estimate of drug-likeness (QED) is 0.673. The molecule has 0 aromatic carbocycles. The number of hydrogen-bond acceptors (Lipinski definition) is 3. The molecule has 0 N–H and O–H groups in total. The summed E-state index contributed by atoms with van der Waals surface area (Å²) in [6.07, 6.45) is 8.69. The number of rotatable bonds is 1. The molecule has 0 unspecified atom stereocenters. The maximum absolute atomic E-state index is 11.7. The lowest BCUT2D eigenvalue weighted by molar-refractivity contribution is -0.118. The molecule has 1 aromatic rings. The summed E-state index contributed by atoms with van der Waals surface area (Å²) >= 11 is 0. The minimum Gasteiger partial charge on any atom is -0.296 e. The van der Waals surface area contributed by atoms with Crippen LogP contribution in [0.15, 0.2) is 18.6 Å². The largest absolute Gasteiger partial charge is 0.296 e. The summed E-state index contributed by atoms with van der Waals surface area (Å²) < 4.78 is 0. The number of anilines is 1. The summed E-state index contributed by atoms with van der Waals surface area (Å²) in [6.45, 7) is 0.775. The lowest BCUT2D eigenvalue weighted by Gasteiger charge is -2.18. The van der Waals surface area contributed by atoms with E-state index in [1.165, 1.54) is 0 Å². The predicted molar refractivity (Wildman–Crippen MR) is 52.9 cm³/mol. The number of carbonyl (C=O) groups is 1. The molecular weight excluding hydrogens is 178 g/mol. The van der Waals surface area contributed by atoms with E-state index >= 15 is 0 Å². The maximum Gasteiger partial charge on any atom is 0.228 e. The summed E-state index contributed by atoms with van der Waals surface area (Å²) in [7, 11) is 0. The Labute approximate surface area is 83.0 Å². The Morgan fingerprint density at radius 2 is 2.14 bits per heavy atom. The average molecular weight is 191 g/mol. The maximum atomic E-state index is 11.7. The van der Waals surface area contributed by atoms with Crippen LogP contribution in [0.3, 0.4) is 0 Å². The first-order valence-corrected chi connectivity index (χ1v) is 4.94. The van der Waals surface area contributed by atoms with E-state index in [0.717, 1.165) is 25.8 Å². The van der Waals surface area contributed by atoms with Crippen LogP contribution in [0.5, 0.6) is 0 Å². The lowest BCUT2D eigenvalue weighted by atomic mass is 10.2. The highest BCUT2D eigenvalue weighted by molar-refractivity contribution is 5.92. The summed E-state index contributed by atoms with van der Waals surface area (Å²) in [5, 5.41) is 0. The van der Waals surface area contributed by atoms with Crippen LogP contribution in [-0.4, -0.2) is 22.4 Å². The summed E-state index contributed by atoms with van der Waals surface area (Å²) in [5.41, 5.74) is 0. The van der Waals surface area contributed by atoms with Gasteiger partial charge in [-0.3, -0.25) is 14.7 Å². The molecule has 1 saturated heterocycles. The number of amides is 1. The monoisotopic (exact) mass is 191 g/mol. The SMILES string of the molecule is O=C1CCCCCN1c1cnccn1. The van der Waals surface area contributed by atoms with Crippen molar-refractivity contribution in [2.75, 3.05) is 11.4 Å². The molecular formula is C10H13N3O. The van der Waals surface area contributed by atoms with Crippen LogP contribution < -0.4 is 4.90 Å². The molecule has 4 heteroatoms. The van der Waals surface area contributed by atoms with Gasteiger partial charge < -0.3 is 0 Å². The van der Waals surface area contributed by atoms with Crippen molar-refractivity contribution in [1.29, 1.82) is 0 Å². The molecule has 4 nitrogen and oxygen atoms in total. The summed E-state index contributed by atoms with van der Waals surface area (Å²) in [4.78, 5) is 21.5. The third-order valence-electron chi connectivity index (χ3n) is 2.40. The Bertz CT molecular complexity index is 312. The van der Waals surface area contributed by atoms with Crippen molar-refractivity contribution >= 4 is 11.7 Å². The third-order valence-corrected chi connectivity index (χ3v) is 2.40. The van der Waals surface area contributed by atoms with E-state index < -0.39 is 0 Å². The first-order chi connectivity index (χ1) is 6.88. The van der Waals surface area contributed by atoms with Crippen molar-refractivity contribution in [2.45, 2.75) is 25.7 Å². The first-order valence-electron chi connectivity index (χ1n) is 4.94. The first kappa shape index (κ1) is 9.12. The van der Waals surface area contributed by atoms with Crippen molar-refractivity contribution in [3.8, 4) is 0 Å². The fourth-order valence-corrected chi connectivity index (χ4v) is 1.66. The molecule has 0 saturated carbocycles. The highest BCUT2D eigenvalue weighted by Gasteiger charge is 2.18. The van der Waals surface area contributed by atoms with Gasteiger partial charge in [-0.05, 0) is 12.8 Å². The number of carbonyl (C=O) groups excluding carboxylic acids is 1. The molecule has 1 amide bonds. The van der Waals surface area contributed by atoms with Gasteiger partial charge in [0.2, 0.25) is 5.91 Å². The van der Waals surface area contributed by atoms with Gasteiger partial charge in [-0.1, -0.05) is 6.42 Å². The Morgan fingerprint density at radius 1 is 1.21 bits per heavy atom.